The van der Waals surface area contributed by atoms with Gasteiger partial charge in [-0.05, 0) is 48.9 Å². The number of aromatic nitrogens is 3. The number of hydrogen-bond acceptors (Lipinski definition) is 4. The molecule has 2 aliphatic heterocycles. The molecule has 0 unspecified atom stereocenters. The van der Waals surface area contributed by atoms with E-state index in [1.807, 2.05) is 0 Å². The molecule has 36 heavy (non-hydrogen) atoms. The minimum absolute atomic E-state index is 0. The minimum Gasteiger partial charge on any atom is -0.308 e. The Morgan fingerprint density at radius 2 is 1.69 bits per heavy atom. The number of aryl methyl sites for hydroxylation is 3. The van der Waals surface area contributed by atoms with Crippen molar-refractivity contribution in [3.8, 4) is 0 Å². The fraction of sp³-hybridized carbons (Fsp3) is 0.517. The van der Waals surface area contributed by atoms with Gasteiger partial charge < -0.3 is 4.57 Å². The highest BCUT2D eigenvalue weighted by Crippen LogP contribution is 2.31. The van der Waals surface area contributed by atoms with E-state index >= 15 is 0 Å². The lowest BCUT2D eigenvalue weighted by atomic mass is 10.1. The molecule has 196 valence electrons. The van der Waals surface area contributed by atoms with Crippen molar-refractivity contribution in [2.75, 3.05) is 26.2 Å². The van der Waals surface area contributed by atoms with Crippen LogP contribution in [-0.4, -0.2) is 62.6 Å². The predicted octanol–water partition coefficient (Wildman–Crippen LogP) is 5.93. The second-order valence-corrected chi connectivity index (χ2v) is 10.7. The van der Waals surface area contributed by atoms with Crippen molar-refractivity contribution in [3.05, 3.63) is 64.6 Å². The van der Waals surface area contributed by atoms with Crippen LogP contribution in [0.25, 0.3) is 17.2 Å². The molecule has 4 heterocycles. The summed E-state index contributed by atoms with van der Waals surface area (Å²) in [6.45, 7) is 16.6. The quantitative estimate of drug-likeness (QED) is 0.362. The highest BCUT2D eigenvalue weighted by Gasteiger charge is 2.42. The van der Waals surface area contributed by atoms with E-state index in [0.29, 0.717) is 0 Å². The highest BCUT2D eigenvalue weighted by atomic mass is 35.5. The molecular weight excluding hydrogens is 489 g/mol. The lowest BCUT2D eigenvalue weighted by Crippen LogP contribution is -2.47. The maximum Gasteiger partial charge on any atom is 0.160 e. The van der Waals surface area contributed by atoms with Gasteiger partial charge in [-0.1, -0.05) is 57.2 Å². The lowest BCUT2D eigenvalue weighted by Gasteiger charge is -2.34. The number of pyridine rings is 1. The van der Waals surface area contributed by atoms with Crippen molar-refractivity contribution >= 4 is 42.1 Å². The van der Waals surface area contributed by atoms with E-state index in [-0.39, 0.29) is 24.8 Å². The zero-order valence-electron chi connectivity index (χ0n) is 22.3. The Bertz CT molecular complexity index is 1180. The van der Waals surface area contributed by atoms with Gasteiger partial charge in [0.1, 0.15) is 11.3 Å². The highest BCUT2D eigenvalue weighted by molar-refractivity contribution is 5.85. The summed E-state index contributed by atoms with van der Waals surface area (Å²) >= 11 is 0. The molecule has 0 radical (unpaired) electrons. The zero-order valence-corrected chi connectivity index (χ0v) is 23.9. The molecule has 1 aromatic carbocycles. The third-order valence-electron chi connectivity index (χ3n) is 7.46. The number of piperazine rings is 1. The maximum absolute atomic E-state index is 4.88. The summed E-state index contributed by atoms with van der Waals surface area (Å²) in [6.07, 6.45) is 6.88. The van der Waals surface area contributed by atoms with Gasteiger partial charge in [-0.25, -0.2) is 9.97 Å². The Morgan fingerprint density at radius 3 is 2.33 bits per heavy atom. The van der Waals surface area contributed by atoms with Crippen molar-refractivity contribution in [1.82, 2.24) is 24.3 Å². The van der Waals surface area contributed by atoms with E-state index in [4.69, 9.17) is 9.97 Å². The first-order valence-electron chi connectivity index (χ1n) is 13.0. The fourth-order valence-electron chi connectivity index (χ4n) is 5.87. The molecule has 7 heteroatoms. The van der Waals surface area contributed by atoms with Gasteiger partial charge in [0.05, 0.1) is 6.54 Å². The van der Waals surface area contributed by atoms with Crippen molar-refractivity contribution in [3.63, 3.8) is 0 Å². The van der Waals surface area contributed by atoms with Gasteiger partial charge in [-0.2, -0.15) is 0 Å². The van der Waals surface area contributed by atoms with Crippen LogP contribution in [0.3, 0.4) is 0 Å². The zero-order chi connectivity index (χ0) is 23.8. The molecule has 2 fully saturated rings. The van der Waals surface area contributed by atoms with E-state index in [2.05, 4.69) is 91.5 Å². The molecule has 2 saturated heterocycles. The van der Waals surface area contributed by atoms with Crippen molar-refractivity contribution in [2.45, 2.75) is 66.1 Å². The van der Waals surface area contributed by atoms with Crippen LogP contribution in [0.4, 0.5) is 0 Å². The van der Waals surface area contributed by atoms with E-state index in [1.165, 1.54) is 42.7 Å². The second kappa shape index (κ2) is 12.1. The molecule has 0 aliphatic carbocycles. The molecule has 2 aliphatic rings. The Morgan fingerprint density at radius 1 is 1.00 bits per heavy atom. The van der Waals surface area contributed by atoms with Gasteiger partial charge in [0, 0.05) is 50.4 Å². The smallest absolute Gasteiger partial charge is 0.160 e. The largest absolute Gasteiger partial charge is 0.308 e. The summed E-state index contributed by atoms with van der Waals surface area (Å²) in [5.74, 6) is 1.87. The Kier molecular flexibility index (Phi) is 9.62. The Hall–Kier alpha value is -1.92. The summed E-state index contributed by atoms with van der Waals surface area (Å²) in [5, 5.41) is 0. The van der Waals surface area contributed by atoms with Crippen LogP contribution >= 0.6 is 24.8 Å². The molecule has 2 aromatic heterocycles. The fourth-order valence-corrected chi connectivity index (χ4v) is 5.87. The molecule has 5 rings (SSSR count). The van der Waals surface area contributed by atoms with Crippen molar-refractivity contribution < 1.29 is 0 Å². The number of nitrogens with zero attached hydrogens (tertiary/aromatic N) is 5. The van der Waals surface area contributed by atoms with E-state index in [0.717, 1.165) is 60.2 Å². The first-order valence-corrected chi connectivity index (χ1v) is 13.0. The summed E-state index contributed by atoms with van der Waals surface area (Å²) in [4.78, 5) is 15.1. The molecule has 0 amide bonds. The van der Waals surface area contributed by atoms with Gasteiger partial charge in [0.25, 0.3) is 0 Å². The minimum atomic E-state index is 0. The average molecular weight is 531 g/mol. The standard InChI is InChI=1S/C29H39N5.2ClH/c1-6-27-31-28-21(4)14-22(5)30-29(28)34(27)17-24-11-9-23(10-12-24)8-7-13-32-18-26-15-25(32)19-33(26)16-20(2)3;;/h7-12,14,20,25-26H,6,13,15-19H2,1-5H3;2*1H/b8-7+;;/t25-,26-;;/m1../s1. The van der Waals surface area contributed by atoms with Crippen LogP contribution in [0.2, 0.25) is 0 Å². The number of benzene rings is 1. The molecule has 2 bridgehead atoms. The first-order chi connectivity index (χ1) is 16.4. The monoisotopic (exact) mass is 529 g/mol. The topological polar surface area (TPSA) is 37.2 Å². The van der Waals surface area contributed by atoms with Crippen LogP contribution in [0.5, 0.6) is 0 Å². The normalized spacial score (nSPS) is 19.9. The van der Waals surface area contributed by atoms with Crippen LogP contribution < -0.4 is 0 Å². The Labute approximate surface area is 228 Å². The molecule has 0 saturated carbocycles. The van der Waals surface area contributed by atoms with Gasteiger partial charge >= 0.3 is 0 Å². The molecular formula is C29H41Cl2N5. The van der Waals surface area contributed by atoms with Gasteiger partial charge in [0.2, 0.25) is 0 Å². The number of hydrogen-bond donors (Lipinski definition) is 0. The van der Waals surface area contributed by atoms with Crippen molar-refractivity contribution in [2.24, 2.45) is 5.92 Å². The first kappa shape index (κ1) is 28.6. The average Bonchev–Trinajstić information content (AvgIpc) is 3.47. The Balaban J connectivity index is 0.00000180. The maximum atomic E-state index is 4.88. The molecule has 5 nitrogen and oxygen atoms in total. The van der Waals surface area contributed by atoms with Gasteiger partial charge in [-0.15, -0.1) is 24.8 Å². The third kappa shape index (κ3) is 5.96. The summed E-state index contributed by atoms with van der Waals surface area (Å²) in [6, 6.07) is 12.6. The molecule has 3 aromatic rings. The van der Waals surface area contributed by atoms with Crippen molar-refractivity contribution in [1.29, 1.82) is 0 Å². The van der Waals surface area contributed by atoms with Crippen LogP contribution in [0.15, 0.2) is 36.4 Å². The molecule has 0 spiro atoms. The van der Waals surface area contributed by atoms with Gasteiger partial charge in [0.15, 0.2) is 5.65 Å². The number of imidazole rings is 1. The predicted molar refractivity (Wildman–Crippen MR) is 156 cm³/mol. The number of rotatable bonds is 8. The van der Waals surface area contributed by atoms with Crippen LogP contribution in [-0.2, 0) is 13.0 Å². The third-order valence-corrected chi connectivity index (χ3v) is 7.46. The SMILES string of the molecule is CCc1nc2c(C)cc(C)nc2n1Cc1ccc(/C=C/CN2C[C@H]3C[C@@H]2CN3CC(C)C)cc1.Cl.Cl. The number of halogens is 2. The van der Waals surface area contributed by atoms with E-state index in [1.54, 1.807) is 0 Å². The molecule has 0 N–H and O–H groups in total. The lowest BCUT2D eigenvalue weighted by molar-refractivity contribution is 0.127. The van der Waals surface area contributed by atoms with E-state index in [9.17, 15) is 0 Å². The van der Waals surface area contributed by atoms with Crippen LogP contribution in [0, 0.1) is 19.8 Å². The second-order valence-electron chi connectivity index (χ2n) is 10.7. The van der Waals surface area contributed by atoms with Crippen LogP contribution in [0.1, 0.15) is 55.4 Å². The summed E-state index contributed by atoms with van der Waals surface area (Å²) < 4.78 is 2.28. The number of fused-ring (bicyclic) bond motifs is 3. The summed E-state index contributed by atoms with van der Waals surface area (Å²) in [7, 11) is 0. The molecule has 2 atom stereocenters. The van der Waals surface area contributed by atoms with E-state index < -0.39 is 0 Å². The summed E-state index contributed by atoms with van der Waals surface area (Å²) in [5.41, 5.74) is 6.85. The van der Waals surface area contributed by atoms with Gasteiger partial charge in [-0.3, -0.25) is 9.80 Å². The number of likely N-dealkylation sites (tertiary alicyclic amines) is 2.